The molecule has 0 radical (unpaired) electrons. The highest BCUT2D eigenvalue weighted by atomic mass is 19.2. The SMILES string of the molecule is CN1CC[C@H](NCc2cccn2C)[C@H]1c1ccc(F)c(F)c1. The molecule has 2 aromatic rings. The van der Waals surface area contributed by atoms with Crippen LogP contribution < -0.4 is 5.32 Å². The molecule has 2 heterocycles. The number of hydrogen-bond donors (Lipinski definition) is 1. The Labute approximate surface area is 129 Å². The highest BCUT2D eigenvalue weighted by molar-refractivity contribution is 5.24. The van der Waals surface area contributed by atoms with E-state index in [4.69, 9.17) is 0 Å². The second-order valence-corrected chi connectivity index (χ2v) is 5.99. The fourth-order valence-electron chi connectivity index (χ4n) is 3.26. The fourth-order valence-corrected chi connectivity index (χ4v) is 3.26. The lowest BCUT2D eigenvalue weighted by Gasteiger charge is -2.26. The molecular weight excluding hydrogens is 284 g/mol. The van der Waals surface area contributed by atoms with E-state index in [0.29, 0.717) is 0 Å². The third-order valence-corrected chi connectivity index (χ3v) is 4.53. The third kappa shape index (κ3) is 2.91. The van der Waals surface area contributed by atoms with Gasteiger partial charge in [0.05, 0.1) is 0 Å². The van der Waals surface area contributed by atoms with E-state index in [9.17, 15) is 8.78 Å². The summed E-state index contributed by atoms with van der Waals surface area (Å²) in [5, 5.41) is 3.56. The van der Waals surface area contributed by atoms with Gasteiger partial charge in [0.25, 0.3) is 0 Å². The van der Waals surface area contributed by atoms with E-state index in [-0.39, 0.29) is 12.1 Å². The largest absolute Gasteiger partial charge is 0.353 e. The molecule has 0 unspecified atom stereocenters. The number of rotatable bonds is 4. The first-order chi connectivity index (χ1) is 10.6. The van der Waals surface area contributed by atoms with Gasteiger partial charge in [-0.3, -0.25) is 4.90 Å². The standard InChI is InChI=1S/C17H21F2N3/c1-21-8-3-4-13(21)11-20-16-7-9-22(2)17(16)12-5-6-14(18)15(19)10-12/h3-6,8,10,16-17,20H,7,9,11H2,1-2H3/t16-,17+/m0/s1. The number of benzene rings is 1. The number of nitrogens with one attached hydrogen (secondary N) is 1. The minimum atomic E-state index is -0.794. The average Bonchev–Trinajstić information content (AvgIpc) is 3.06. The van der Waals surface area contributed by atoms with Crippen LogP contribution >= 0.6 is 0 Å². The van der Waals surface area contributed by atoms with Gasteiger partial charge in [-0.1, -0.05) is 6.07 Å². The summed E-state index contributed by atoms with van der Waals surface area (Å²) in [6, 6.07) is 8.61. The summed E-state index contributed by atoms with van der Waals surface area (Å²) in [5.74, 6) is -1.57. The molecule has 1 fully saturated rings. The molecule has 0 amide bonds. The first-order valence-electron chi connectivity index (χ1n) is 7.55. The van der Waals surface area contributed by atoms with Crippen molar-refractivity contribution in [1.29, 1.82) is 0 Å². The van der Waals surface area contributed by atoms with Gasteiger partial charge in [0, 0.05) is 44.1 Å². The average molecular weight is 305 g/mol. The molecule has 1 N–H and O–H groups in total. The quantitative estimate of drug-likeness (QED) is 0.937. The van der Waals surface area contributed by atoms with E-state index >= 15 is 0 Å². The molecule has 1 saturated heterocycles. The Morgan fingerprint density at radius 1 is 1.18 bits per heavy atom. The van der Waals surface area contributed by atoms with Crippen LogP contribution in [0.25, 0.3) is 0 Å². The summed E-state index contributed by atoms with van der Waals surface area (Å²) in [7, 11) is 4.04. The van der Waals surface area contributed by atoms with Crippen LogP contribution in [-0.2, 0) is 13.6 Å². The van der Waals surface area contributed by atoms with Crippen molar-refractivity contribution in [1.82, 2.24) is 14.8 Å². The van der Waals surface area contributed by atoms with Crippen LogP contribution in [0.1, 0.15) is 23.7 Å². The van der Waals surface area contributed by atoms with Crippen molar-refractivity contribution in [2.24, 2.45) is 7.05 Å². The summed E-state index contributed by atoms with van der Waals surface area (Å²) in [4.78, 5) is 2.19. The van der Waals surface area contributed by atoms with E-state index in [1.54, 1.807) is 6.07 Å². The zero-order chi connectivity index (χ0) is 15.7. The Balaban J connectivity index is 1.75. The van der Waals surface area contributed by atoms with Gasteiger partial charge in [0.2, 0.25) is 0 Å². The predicted octanol–water partition coefficient (Wildman–Crippen LogP) is 2.84. The van der Waals surface area contributed by atoms with Gasteiger partial charge in [-0.15, -0.1) is 0 Å². The van der Waals surface area contributed by atoms with Gasteiger partial charge in [-0.2, -0.15) is 0 Å². The van der Waals surface area contributed by atoms with E-state index in [0.717, 1.165) is 25.1 Å². The molecule has 1 aromatic carbocycles. The van der Waals surface area contributed by atoms with Gasteiger partial charge in [-0.05, 0) is 43.3 Å². The van der Waals surface area contributed by atoms with Crippen molar-refractivity contribution in [3.05, 3.63) is 59.4 Å². The van der Waals surface area contributed by atoms with E-state index in [2.05, 4.69) is 20.9 Å². The molecule has 0 spiro atoms. The number of halogens is 2. The third-order valence-electron chi connectivity index (χ3n) is 4.53. The van der Waals surface area contributed by atoms with E-state index in [1.807, 2.05) is 26.4 Å². The summed E-state index contributed by atoms with van der Waals surface area (Å²) < 4.78 is 28.8. The van der Waals surface area contributed by atoms with Gasteiger partial charge < -0.3 is 9.88 Å². The molecule has 0 aliphatic carbocycles. The molecule has 22 heavy (non-hydrogen) atoms. The highest BCUT2D eigenvalue weighted by Crippen LogP contribution is 2.31. The van der Waals surface area contributed by atoms with Crippen molar-refractivity contribution in [3.63, 3.8) is 0 Å². The first kappa shape index (κ1) is 15.2. The fraction of sp³-hybridized carbons (Fsp3) is 0.412. The predicted molar refractivity (Wildman–Crippen MR) is 82.4 cm³/mol. The maximum absolute atomic E-state index is 13.5. The Morgan fingerprint density at radius 2 is 2.00 bits per heavy atom. The molecule has 1 aliphatic heterocycles. The zero-order valence-electron chi connectivity index (χ0n) is 12.9. The number of likely N-dealkylation sites (N-methyl/N-ethyl adjacent to an activating group) is 1. The van der Waals surface area contributed by atoms with Gasteiger partial charge in [0.1, 0.15) is 0 Å². The number of nitrogens with zero attached hydrogens (tertiary/aromatic N) is 2. The zero-order valence-corrected chi connectivity index (χ0v) is 12.9. The highest BCUT2D eigenvalue weighted by Gasteiger charge is 2.33. The Morgan fingerprint density at radius 3 is 2.68 bits per heavy atom. The molecule has 0 saturated carbocycles. The van der Waals surface area contributed by atoms with Crippen LogP contribution in [0.5, 0.6) is 0 Å². The van der Waals surface area contributed by atoms with Crippen LogP contribution in [0.4, 0.5) is 8.78 Å². The minimum Gasteiger partial charge on any atom is -0.353 e. The molecule has 2 atom stereocenters. The van der Waals surface area contributed by atoms with Crippen molar-refractivity contribution in [2.75, 3.05) is 13.6 Å². The molecule has 1 aliphatic rings. The molecule has 118 valence electrons. The normalized spacial score (nSPS) is 22.4. The van der Waals surface area contributed by atoms with Crippen molar-refractivity contribution < 1.29 is 8.78 Å². The van der Waals surface area contributed by atoms with Gasteiger partial charge in [0.15, 0.2) is 11.6 Å². The summed E-state index contributed by atoms with van der Waals surface area (Å²) in [6.07, 6.45) is 3.01. The van der Waals surface area contributed by atoms with Crippen molar-refractivity contribution in [2.45, 2.75) is 25.0 Å². The number of aryl methyl sites for hydroxylation is 1. The summed E-state index contributed by atoms with van der Waals surface area (Å²) in [5.41, 5.74) is 2.03. The molecule has 0 bridgehead atoms. The maximum atomic E-state index is 13.5. The van der Waals surface area contributed by atoms with Crippen LogP contribution in [0.15, 0.2) is 36.5 Å². The molecule has 3 nitrogen and oxygen atoms in total. The number of hydrogen-bond acceptors (Lipinski definition) is 2. The molecule has 1 aromatic heterocycles. The Bertz CT molecular complexity index is 653. The minimum absolute atomic E-state index is 0.0652. The van der Waals surface area contributed by atoms with Gasteiger partial charge in [-0.25, -0.2) is 8.78 Å². The summed E-state index contributed by atoms with van der Waals surface area (Å²) in [6.45, 7) is 1.71. The molecule has 3 rings (SSSR count). The monoisotopic (exact) mass is 305 g/mol. The lowest BCUT2D eigenvalue weighted by molar-refractivity contribution is 0.284. The second kappa shape index (κ2) is 6.18. The van der Waals surface area contributed by atoms with Crippen LogP contribution in [0.2, 0.25) is 0 Å². The molecular formula is C17H21F2N3. The lowest BCUT2D eigenvalue weighted by Crippen LogP contribution is -2.35. The smallest absolute Gasteiger partial charge is 0.159 e. The molecule has 5 heteroatoms. The van der Waals surface area contributed by atoms with E-state index in [1.165, 1.54) is 17.8 Å². The van der Waals surface area contributed by atoms with Crippen molar-refractivity contribution >= 4 is 0 Å². The van der Waals surface area contributed by atoms with Crippen molar-refractivity contribution in [3.8, 4) is 0 Å². The topological polar surface area (TPSA) is 20.2 Å². The summed E-state index contributed by atoms with van der Waals surface area (Å²) >= 11 is 0. The van der Waals surface area contributed by atoms with Crippen LogP contribution in [0, 0.1) is 11.6 Å². The van der Waals surface area contributed by atoms with Gasteiger partial charge >= 0.3 is 0 Å². The van der Waals surface area contributed by atoms with E-state index < -0.39 is 11.6 Å². The second-order valence-electron chi connectivity index (χ2n) is 5.99. The number of aromatic nitrogens is 1. The Hall–Kier alpha value is -1.72. The van der Waals surface area contributed by atoms with Crippen LogP contribution in [-0.4, -0.2) is 29.1 Å². The maximum Gasteiger partial charge on any atom is 0.159 e. The first-order valence-corrected chi connectivity index (χ1v) is 7.55. The number of likely N-dealkylation sites (tertiary alicyclic amines) is 1. The lowest BCUT2D eigenvalue weighted by atomic mass is 10.00. The Kier molecular flexibility index (Phi) is 4.27. The van der Waals surface area contributed by atoms with Crippen LogP contribution in [0.3, 0.4) is 0 Å².